The first kappa shape index (κ1) is 19.9. The van der Waals surface area contributed by atoms with Gasteiger partial charge in [-0.1, -0.05) is 44.9 Å². The number of para-hydroxylation sites is 1. The number of carbonyl (C=O) groups is 1. The molecule has 3 rings (SSSR count). The second-order valence-corrected chi connectivity index (χ2v) is 7.03. The highest BCUT2D eigenvalue weighted by atomic mass is 16.2. The van der Waals surface area contributed by atoms with Crippen molar-refractivity contribution in [1.29, 1.82) is 0 Å². The molecule has 28 heavy (non-hydrogen) atoms. The van der Waals surface area contributed by atoms with E-state index in [-0.39, 0.29) is 6.03 Å². The topological polar surface area (TPSA) is 97.9 Å². The molecule has 3 aromatic rings. The van der Waals surface area contributed by atoms with Crippen LogP contribution in [0.5, 0.6) is 0 Å². The number of anilines is 1. The van der Waals surface area contributed by atoms with Gasteiger partial charge in [-0.3, -0.25) is 0 Å². The van der Waals surface area contributed by atoms with Crippen molar-refractivity contribution in [2.45, 2.75) is 52.5 Å². The number of nitrogen functional groups attached to an aromatic ring is 1. The first-order valence-corrected chi connectivity index (χ1v) is 10.2. The fourth-order valence-corrected chi connectivity index (χ4v) is 3.39. The van der Waals surface area contributed by atoms with Crippen molar-refractivity contribution in [1.82, 2.24) is 25.2 Å². The van der Waals surface area contributed by atoms with Gasteiger partial charge < -0.3 is 20.9 Å². The third-order valence-electron chi connectivity index (χ3n) is 4.88. The molecule has 0 fully saturated rings. The molecule has 7 nitrogen and oxygen atoms in total. The van der Waals surface area contributed by atoms with Gasteiger partial charge >= 0.3 is 6.03 Å². The number of nitrogens with zero attached hydrogens (tertiary/aromatic N) is 3. The molecule has 0 aliphatic carbocycles. The van der Waals surface area contributed by atoms with Gasteiger partial charge in [0.1, 0.15) is 11.3 Å². The summed E-state index contributed by atoms with van der Waals surface area (Å²) in [4.78, 5) is 21.3. The molecule has 0 radical (unpaired) electrons. The largest absolute Gasteiger partial charge is 0.382 e. The standard InChI is InChI=1S/C21H30N6O/c1-3-5-11-17-26-18-19(15-9-7-8-10-16(15)25-20(18)22)27(17)14-13-24-21(28)23-12-6-4-2/h7-10H,3-6,11-14H2,1-2H3,(H2,22,25)(H2,23,24,28). The predicted molar refractivity (Wildman–Crippen MR) is 114 cm³/mol. The molecule has 0 atom stereocenters. The van der Waals surface area contributed by atoms with Crippen LogP contribution in [0.25, 0.3) is 21.9 Å². The average molecular weight is 383 g/mol. The number of nitrogens with one attached hydrogen (secondary N) is 2. The van der Waals surface area contributed by atoms with E-state index in [9.17, 15) is 4.79 Å². The summed E-state index contributed by atoms with van der Waals surface area (Å²) < 4.78 is 2.19. The molecule has 0 spiro atoms. The number of nitrogens with two attached hydrogens (primary N) is 1. The second kappa shape index (κ2) is 9.39. The number of aromatic nitrogens is 3. The molecule has 2 aromatic heterocycles. The number of aryl methyl sites for hydroxylation is 1. The molecule has 1 aromatic carbocycles. The van der Waals surface area contributed by atoms with Gasteiger partial charge in [0, 0.05) is 31.4 Å². The van der Waals surface area contributed by atoms with Crippen LogP contribution in [-0.2, 0) is 13.0 Å². The monoisotopic (exact) mass is 382 g/mol. The molecule has 0 bridgehead atoms. The highest BCUT2D eigenvalue weighted by Crippen LogP contribution is 2.29. The first-order chi connectivity index (χ1) is 13.7. The smallest absolute Gasteiger partial charge is 0.314 e. The normalized spacial score (nSPS) is 11.2. The third kappa shape index (κ3) is 4.35. The van der Waals surface area contributed by atoms with Crippen molar-refractivity contribution in [3.8, 4) is 0 Å². The van der Waals surface area contributed by atoms with Crippen molar-refractivity contribution in [3.63, 3.8) is 0 Å². The molecule has 0 aliphatic rings. The molecular formula is C21H30N6O. The fourth-order valence-electron chi connectivity index (χ4n) is 3.39. The van der Waals surface area contributed by atoms with E-state index in [1.807, 2.05) is 18.2 Å². The number of fused-ring (bicyclic) bond motifs is 3. The Morgan fingerprint density at radius 1 is 1.07 bits per heavy atom. The van der Waals surface area contributed by atoms with Crippen LogP contribution in [0, 0.1) is 0 Å². The van der Waals surface area contributed by atoms with Gasteiger partial charge in [0.2, 0.25) is 0 Å². The highest BCUT2D eigenvalue weighted by molar-refractivity contribution is 6.06. The Bertz CT molecular complexity index is 949. The summed E-state index contributed by atoms with van der Waals surface area (Å²) in [7, 11) is 0. The molecule has 150 valence electrons. The Balaban J connectivity index is 1.89. The van der Waals surface area contributed by atoms with Crippen LogP contribution < -0.4 is 16.4 Å². The number of rotatable bonds is 9. The van der Waals surface area contributed by atoms with Gasteiger partial charge in [-0.2, -0.15) is 0 Å². The summed E-state index contributed by atoms with van der Waals surface area (Å²) in [5.74, 6) is 1.45. The lowest BCUT2D eigenvalue weighted by Gasteiger charge is -2.12. The van der Waals surface area contributed by atoms with E-state index in [0.717, 1.165) is 59.9 Å². The van der Waals surface area contributed by atoms with Crippen LogP contribution in [0.15, 0.2) is 24.3 Å². The van der Waals surface area contributed by atoms with Crippen LogP contribution in [0.3, 0.4) is 0 Å². The molecule has 2 heterocycles. The second-order valence-electron chi connectivity index (χ2n) is 7.03. The van der Waals surface area contributed by atoms with Gasteiger partial charge in [-0.15, -0.1) is 0 Å². The zero-order valence-electron chi connectivity index (χ0n) is 16.8. The maximum atomic E-state index is 12.0. The van der Waals surface area contributed by atoms with E-state index >= 15 is 0 Å². The van der Waals surface area contributed by atoms with E-state index in [1.54, 1.807) is 0 Å². The number of unbranched alkanes of at least 4 members (excludes halogenated alkanes) is 2. The molecule has 2 amide bonds. The van der Waals surface area contributed by atoms with E-state index < -0.39 is 0 Å². The summed E-state index contributed by atoms with van der Waals surface area (Å²) in [5.41, 5.74) is 8.82. The van der Waals surface area contributed by atoms with E-state index in [2.05, 4.69) is 40.1 Å². The fraction of sp³-hybridized carbons (Fsp3) is 0.476. The minimum atomic E-state index is -0.126. The zero-order valence-corrected chi connectivity index (χ0v) is 16.8. The zero-order chi connectivity index (χ0) is 19.9. The highest BCUT2D eigenvalue weighted by Gasteiger charge is 2.17. The summed E-state index contributed by atoms with van der Waals surface area (Å²) >= 11 is 0. The van der Waals surface area contributed by atoms with Gasteiger partial charge in [0.25, 0.3) is 0 Å². The Morgan fingerprint density at radius 3 is 2.61 bits per heavy atom. The molecule has 0 unspecified atom stereocenters. The van der Waals surface area contributed by atoms with Gasteiger partial charge in [-0.05, 0) is 18.9 Å². The molecule has 0 saturated heterocycles. The quantitative estimate of drug-likeness (QED) is 0.492. The summed E-state index contributed by atoms with van der Waals surface area (Å²) in [6, 6.07) is 7.85. The first-order valence-electron chi connectivity index (χ1n) is 10.2. The average Bonchev–Trinajstić information content (AvgIpc) is 3.06. The van der Waals surface area contributed by atoms with Crippen molar-refractivity contribution in [2.24, 2.45) is 0 Å². The van der Waals surface area contributed by atoms with E-state index in [4.69, 9.17) is 10.7 Å². The molecule has 0 aliphatic heterocycles. The Hall–Kier alpha value is -2.83. The van der Waals surface area contributed by atoms with E-state index in [0.29, 0.717) is 25.5 Å². The molecule has 7 heteroatoms. The number of amides is 2. The number of pyridine rings is 1. The summed E-state index contributed by atoms with van der Waals surface area (Å²) in [6.45, 7) is 6.14. The van der Waals surface area contributed by atoms with Crippen molar-refractivity contribution in [3.05, 3.63) is 30.1 Å². The SMILES string of the molecule is CCCCNC(=O)NCCn1c(CCCC)nc2c(N)nc3ccccc3c21. The summed E-state index contributed by atoms with van der Waals surface area (Å²) in [6.07, 6.45) is 5.07. The lowest BCUT2D eigenvalue weighted by molar-refractivity contribution is 0.240. The van der Waals surface area contributed by atoms with Crippen LogP contribution in [0.4, 0.5) is 10.6 Å². The van der Waals surface area contributed by atoms with Gasteiger partial charge in [0.15, 0.2) is 5.82 Å². The van der Waals surface area contributed by atoms with Gasteiger partial charge in [0.05, 0.1) is 11.0 Å². The van der Waals surface area contributed by atoms with Crippen LogP contribution in [0.2, 0.25) is 0 Å². The maximum absolute atomic E-state index is 12.0. The number of urea groups is 1. The minimum absolute atomic E-state index is 0.126. The van der Waals surface area contributed by atoms with E-state index in [1.165, 1.54) is 0 Å². The van der Waals surface area contributed by atoms with Gasteiger partial charge in [-0.25, -0.2) is 14.8 Å². The lowest BCUT2D eigenvalue weighted by atomic mass is 10.2. The van der Waals surface area contributed by atoms with Crippen LogP contribution in [0.1, 0.15) is 45.4 Å². The third-order valence-corrected chi connectivity index (χ3v) is 4.88. The van der Waals surface area contributed by atoms with Crippen molar-refractivity contribution >= 4 is 33.8 Å². The minimum Gasteiger partial charge on any atom is -0.382 e. The number of benzene rings is 1. The lowest BCUT2D eigenvalue weighted by Crippen LogP contribution is -2.37. The molecule has 4 N–H and O–H groups in total. The Morgan fingerprint density at radius 2 is 1.82 bits per heavy atom. The van der Waals surface area contributed by atoms with Crippen molar-refractivity contribution < 1.29 is 4.79 Å². The predicted octanol–water partition coefficient (Wildman–Crippen LogP) is 3.61. The molecular weight excluding hydrogens is 352 g/mol. The maximum Gasteiger partial charge on any atom is 0.314 e. The van der Waals surface area contributed by atoms with Crippen LogP contribution in [-0.4, -0.2) is 33.7 Å². The number of imidazole rings is 1. The summed E-state index contributed by atoms with van der Waals surface area (Å²) in [5, 5.41) is 6.86. The molecule has 0 saturated carbocycles. The number of hydrogen-bond acceptors (Lipinski definition) is 4. The number of hydrogen-bond donors (Lipinski definition) is 3. The Labute approximate surface area is 165 Å². The van der Waals surface area contributed by atoms with Crippen LogP contribution >= 0.6 is 0 Å². The number of carbonyl (C=O) groups excluding carboxylic acids is 1. The Kier molecular flexibility index (Phi) is 6.68. The van der Waals surface area contributed by atoms with Crippen molar-refractivity contribution in [2.75, 3.05) is 18.8 Å².